The number of fused-ring (bicyclic) bond motifs is 1. The van der Waals surface area contributed by atoms with Crippen LogP contribution in [0, 0.1) is 5.92 Å². The zero-order valence-electron chi connectivity index (χ0n) is 19.8. The lowest BCUT2D eigenvalue weighted by Crippen LogP contribution is -2.59. The van der Waals surface area contributed by atoms with Gasteiger partial charge in [-0.2, -0.15) is 0 Å². The van der Waals surface area contributed by atoms with Gasteiger partial charge in [-0.1, -0.05) is 19.1 Å². The molecule has 3 heterocycles. The van der Waals surface area contributed by atoms with E-state index in [-0.39, 0.29) is 17.9 Å². The summed E-state index contributed by atoms with van der Waals surface area (Å²) in [5.74, 6) is -0.827. The molecule has 35 heavy (non-hydrogen) atoms. The lowest BCUT2D eigenvalue weighted by atomic mass is 9.92. The van der Waals surface area contributed by atoms with E-state index in [4.69, 9.17) is 9.47 Å². The third-order valence-electron chi connectivity index (χ3n) is 6.28. The van der Waals surface area contributed by atoms with Gasteiger partial charge in [0.2, 0.25) is 5.91 Å². The smallest absolute Gasteiger partial charge is 0.328 e. The second-order valence-electron chi connectivity index (χ2n) is 8.73. The van der Waals surface area contributed by atoms with E-state index < -0.39 is 29.9 Å². The van der Waals surface area contributed by atoms with E-state index in [1.165, 1.54) is 18.2 Å². The number of methoxy groups -OCH3 is 2. The highest BCUT2D eigenvalue weighted by Crippen LogP contribution is 2.27. The maximum Gasteiger partial charge on any atom is 0.328 e. The maximum absolute atomic E-state index is 13.4. The summed E-state index contributed by atoms with van der Waals surface area (Å²) in [7, 11) is 2.80. The summed E-state index contributed by atoms with van der Waals surface area (Å²) in [5, 5.41) is 3.56. The molecule has 1 aliphatic heterocycles. The standard InChI is InChI=1S/C25H28N4O6/c1-14-10-19(28-23(31)18-12-16-17(27-18)7-4-8-21(16)34-2)24(32)29(13-14)20(25(33)35-3)11-15-6-5-9-26-22(15)30/h4-9,12,14,19-20,27H,10-11,13H2,1-3H3,(H,26,30)(H,28,31)/t14?,19-,20?/m0/s1. The summed E-state index contributed by atoms with van der Waals surface area (Å²) >= 11 is 0. The summed E-state index contributed by atoms with van der Waals surface area (Å²) in [6.07, 6.45) is 1.92. The van der Waals surface area contributed by atoms with Crippen LogP contribution in [0.25, 0.3) is 10.9 Å². The largest absolute Gasteiger partial charge is 0.496 e. The zero-order chi connectivity index (χ0) is 25.1. The summed E-state index contributed by atoms with van der Waals surface area (Å²) in [4.78, 5) is 58.4. The summed E-state index contributed by atoms with van der Waals surface area (Å²) < 4.78 is 10.3. The molecule has 3 aromatic rings. The van der Waals surface area contributed by atoms with Crippen molar-refractivity contribution in [1.82, 2.24) is 20.2 Å². The lowest BCUT2D eigenvalue weighted by Gasteiger charge is -2.39. The summed E-state index contributed by atoms with van der Waals surface area (Å²) in [5.41, 5.74) is 1.06. The van der Waals surface area contributed by atoms with E-state index in [1.807, 2.05) is 19.1 Å². The van der Waals surface area contributed by atoms with Gasteiger partial charge in [-0.3, -0.25) is 14.4 Å². The number of aromatic amines is 2. The van der Waals surface area contributed by atoms with Crippen LogP contribution >= 0.6 is 0 Å². The molecule has 3 N–H and O–H groups in total. The van der Waals surface area contributed by atoms with Crippen molar-refractivity contribution in [1.29, 1.82) is 0 Å². The minimum absolute atomic E-state index is 0.00187. The van der Waals surface area contributed by atoms with Gasteiger partial charge in [-0.15, -0.1) is 0 Å². The molecule has 2 unspecified atom stereocenters. The van der Waals surface area contributed by atoms with Crippen LogP contribution in [0.3, 0.4) is 0 Å². The number of pyridine rings is 1. The SMILES string of the molecule is COC(=O)C(Cc1ccc[nH]c1=O)N1CC(C)C[C@H](NC(=O)c2cc3c(OC)cccc3[nH]2)C1=O. The highest BCUT2D eigenvalue weighted by molar-refractivity contribution is 6.01. The molecule has 0 radical (unpaired) electrons. The molecular weight excluding hydrogens is 452 g/mol. The van der Waals surface area contributed by atoms with Crippen LogP contribution < -0.4 is 15.6 Å². The quantitative estimate of drug-likeness (QED) is 0.440. The number of carbonyl (C=O) groups is 3. The Balaban J connectivity index is 1.57. The first-order valence-electron chi connectivity index (χ1n) is 11.3. The topological polar surface area (TPSA) is 134 Å². The minimum Gasteiger partial charge on any atom is -0.496 e. The van der Waals surface area contributed by atoms with Crippen molar-refractivity contribution in [3.63, 3.8) is 0 Å². The van der Waals surface area contributed by atoms with Crippen LogP contribution in [0.5, 0.6) is 5.75 Å². The van der Waals surface area contributed by atoms with E-state index >= 15 is 0 Å². The molecule has 2 amide bonds. The van der Waals surface area contributed by atoms with Crippen molar-refractivity contribution >= 4 is 28.7 Å². The Morgan fingerprint density at radius 2 is 2.00 bits per heavy atom. The Morgan fingerprint density at radius 3 is 2.71 bits per heavy atom. The highest BCUT2D eigenvalue weighted by atomic mass is 16.5. The van der Waals surface area contributed by atoms with Crippen LogP contribution in [-0.2, 0) is 20.7 Å². The highest BCUT2D eigenvalue weighted by Gasteiger charge is 2.40. The molecule has 10 heteroatoms. The monoisotopic (exact) mass is 480 g/mol. The minimum atomic E-state index is -0.990. The molecule has 0 spiro atoms. The fourth-order valence-electron chi connectivity index (χ4n) is 4.55. The molecule has 1 fully saturated rings. The third kappa shape index (κ3) is 4.91. The number of carbonyl (C=O) groups excluding carboxylic acids is 3. The third-order valence-corrected chi connectivity index (χ3v) is 6.28. The Hall–Kier alpha value is -4.08. The van der Waals surface area contributed by atoms with Gasteiger partial charge in [0.05, 0.1) is 14.2 Å². The molecular formula is C25H28N4O6. The van der Waals surface area contributed by atoms with Crippen molar-refractivity contribution in [2.45, 2.75) is 31.8 Å². The first kappa shape index (κ1) is 24.1. The molecule has 4 rings (SSSR count). The van der Waals surface area contributed by atoms with Crippen molar-refractivity contribution in [3.8, 4) is 5.75 Å². The van der Waals surface area contributed by atoms with Crippen molar-refractivity contribution in [2.75, 3.05) is 20.8 Å². The molecule has 10 nitrogen and oxygen atoms in total. The van der Waals surface area contributed by atoms with Gasteiger partial charge < -0.3 is 29.7 Å². The van der Waals surface area contributed by atoms with Gasteiger partial charge in [0.15, 0.2) is 0 Å². The fraction of sp³-hybridized carbons (Fsp3) is 0.360. The number of amides is 2. The number of benzene rings is 1. The van der Waals surface area contributed by atoms with Crippen molar-refractivity contribution < 1.29 is 23.9 Å². The van der Waals surface area contributed by atoms with Crippen LogP contribution in [0.1, 0.15) is 29.4 Å². The summed E-state index contributed by atoms with van der Waals surface area (Å²) in [6, 6.07) is 8.56. The fourth-order valence-corrected chi connectivity index (χ4v) is 4.55. The van der Waals surface area contributed by atoms with E-state index in [0.717, 1.165) is 10.9 Å². The number of likely N-dealkylation sites (tertiary alicyclic amines) is 1. The molecule has 0 bridgehead atoms. The van der Waals surface area contributed by atoms with Crippen LogP contribution in [0.15, 0.2) is 47.4 Å². The van der Waals surface area contributed by atoms with Crippen LogP contribution in [0.2, 0.25) is 0 Å². The number of esters is 1. The van der Waals surface area contributed by atoms with E-state index in [0.29, 0.717) is 30.0 Å². The van der Waals surface area contributed by atoms with Crippen molar-refractivity contribution in [2.24, 2.45) is 5.92 Å². The zero-order valence-corrected chi connectivity index (χ0v) is 19.8. The Bertz CT molecular complexity index is 1310. The first-order chi connectivity index (χ1) is 16.8. The summed E-state index contributed by atoms with van der Waals surface area (Å²) in [6.45, 7) is 2.25. The molecule has 2 aromatic heterocycles. The van der Waals surface area contributed by atoms with Crippen LogP contribution in [0.4, 0.5) is 0 Å². The van der Waals surface area contributed by atoms with Gasteiger partial charge in [0.1, 0.15) is 23.5 Å². The Labute approximate surface area is 201 Å². The van der Waals surface area contributed by atoms with Gasteiger partial charge >= 0.3 is 5.97 Å². The van der Waals surface area contributed by atoms with E-state index in [9.17, 15) is 19.2 Å². The predicted octanol–water partition coefficient (Wildman–Crippen LogP) is 1.62. The molecule has 1 aromatic carbocycles. The van der Waals surface area contributed by atoms with Crippen LogP contribution in [-0.4, -0.2) is 65.5 Å². The van der Waals surface area contributed by atoms with Gasteiger partial charge in [-0.25, -0.2) is 4.79 Å². The van der Waals surface area contributed by atoms with Crippen molar-refractivity contribution in [3.05, 3.63) is 64.2 Å². The van der Waals surface area contributed by atoms with Gasteiger partial charge in [0, 0.05) is 35.6 Å². The average Bonchev–Trinajstić information content (AvgIpc) is 3.30. The number of piperidine rings is 1. The first-order valence-corrected chi connectivity index (χ1v) is 11.3. The number of rotatable bonds is 7. The molecule has 1 saturated heterocycles. The lowest BCUT2D eigenvalue weighted by molar-refractivity contribution is -0.156. The maximum atomic E-state index is 13.4. The number of hydrogen-bond acceptors (Lipinski definition) is 6. The molecule has 184 valence electrons. The number of nitrogens with zero attached hydrogens (tertiary/aromatic N) is 1. The number of nitrogens with one attached hydrogen (secondary N) is 3. The predicted molar refractivity (Wildman–Crippen MR) is 128 cm³/mol. The molecule has 0 saturated carbocycles. The second kappa shape index (κ2) is 10.0. The van der Waals surface area contributed by atoms with E-state index in [2.05, 4.69) is 15.3 Å². The number of hydrogen-bond donors (Lipinski definition) is 3. The average molecular weight is 481 g/mol. The number of ether oxygens (including phenoxy) is 2. The van der Waals surface area contributed by atoms with Gasteiger partial charge in [0.25, 0.3) is 11.5 Å². The van der Waals surface area contributed by atoms with E-state index in [1.54, 1.807) is 31.4 Å². The molecule has 0 aliphatic carbocycles. The molecule has 3 atom stereocenters. The Morgan fingerprint density at radius 1 is 1.20 bits per heavy atom. The second-order valence-corrected chi connectivity index (χ2v) is 8.73. The molecule has 1 aliphatic rings. The number of aromatic nitrogens is 2. The van der Waals surface area contributed by atoms with Gasteiger partial charge in [-0.05, 0) is 36.6 Å². The Kier molecular flexibility index (Phi) is 6.90. The number of H-pyrrole nitrogens is 2. The normalized spacial score (nSPS) is 18.8.